The van der Waals surface area contributed by atoms with Crippen LogP contribution in [0.25, 0.3) is 0 Å². The van der Waals surface area contributed by atoms with Crippen LogP contribution >= 0.6 is 11.8 Å². The molecule has 9 heteroatoms. The van der Waals surface area contributed by atoms with Crippen LogP contribution in [0.5, 0.6) is 0 Å². The molecule has 2 rings (SSSR count). The van der Waals surface area contributed by atoms with E-state index in [4.69, 9.17) is 5.11 Å². The predicted molar refractivity (Wildman–Crippen MR) is 62.5 cm³/mol. The molecule has 0 aliphatic carbocycles. The normalized spacial score (nSPS) is 20.6. The van der Waals surface area contributed by atoms with Crippen LogP contribution in [-0.4, -0.2) is 54.9 Å². The van der Waals surface area contributed by atoms with E-state index in [9.17, 15) is 9.59 Å². The Hall–Kier alpha value is -1.13. The van der Waals surface area contributed by atoms with Crippen LogP contribution < -0.4 is 0 Å². The average molecular weight is 271 g/mol. The van der Waals surface area contributed by atoms with Crippen molar-refractivity contribution in [3.8, 4) is 0 Å². The third-order valence-corrected chi connectivity index (χ3v) is 3.61. The number of carboxylic acids is 1. The van der Waals surface area contributed by atoms with Crippen molar-refractivity contribution in [2.75, 3.05) is 5.75 Å². The van der Waals surface area contributed by atoms with Gasteiger partial charge in [-0.1, -0.05) is 0 Å². The first-order chi connectivity index (χ1) is 6.11. The van der Waals surface area contributed by atoms with E-state index >= 15 is 0 Å². The quantitative estimate of drug-likeness (QED) is 0.511. The van der Waals surface area contributed by atoms with E-state index in [1.807, 2.05) is 0 Å². The zero-order valence-electron chi connectivity index (χ0n) is 9.11. The molecule has 0 radical (unpaired) electrons. The molecule has 1 atom stereocenters. The van der Waals surface area contributed by atoms with E-state index in [-0.39, 0.29) is 38.9 Å². The number of aliphatic carboxylic acids is 1. The van der Waals surface area contributed by atoms with Crippen molar-refractivity contribution in [2.24, 2.45) is 0 Å². The highest BCUT2D eigenvalue weighted by Gasteiger charge is 2.44. The summed E-state index contributed by atoms with van der Waals surface area (Å²) in [6.07, 6.45) is 0.481. The molecule has 2 heterocycles. The molecule has 1 fully saturated rings. The number of hydrogen-bond donors (Lipinski definition) is 1. The monoisotopic (exact) mass is 271 g/mol. The van der Waals surface area contributed by atoms with Crippen LogP contribution in [-0.2, 0) is 9.59 Å². The molecule has 102 valence electrons. The van der Waals surface area contributed by atoms with Gasteiger partial charge in [-0.15, -0.1) is 11.8 Å². The van der Waals surface area contributed by atoms with E-state index in [2.05, 4.69) is 0 Å². The lowest BCUT2D eigenvalue weighted by molar-refractivity contribution is -0.146. The molecular formula is C8H17NO7S. The van der Waals surface area contributed by atoms with Crippen molar-refractivity contribution in [3.05, 3.63) is 11.3 Å². The van der Waals surface area contributed by atoms with Gasteiger partial charge in [-0.3, -0.25) is 9.69 Å². The van der Waals surface area contributed by atoms with E-state index in [0.717, 1.165) is 11.3 Å². The summed E-state index contributed by atoms with van der Waals surface area (Å²) < 4.78 is 0. The zero-order chi connectivity index (χ0) is 9.59. The summed E-state index contributed by atoms with van der Waals surface area (Å²) in [5.41, 5.74) is 0.974. The van der Waals surface area contributed by atoms with Crippen molar-refractivity contribution in [1.29, 1.82) is 0 Å². The minimum atomic E-state index is -0.990. The molecule has 0 saturated carbocycles. The van der Waals surface area contributed by atoms with Crippen LogP contribution in [0, 0.1) is 0 Å². The topological polar surface area (TPSA) is 184 Å². The van der Waals surface area contributed by atoms with Crippen LogP contribution in [0.1, 0.15) is 13.3 Å². The minimum Gasteiger partial charge on any atom is -0.477 e. The van der Waals surface area contributed by atoms with Gasteiger partial charge < -0.3 is 27.0 Å². The number of carbonyl (C=O) groups excluding carboxylic acids is 1. The number of fused-ring (bicyclic) bond motifs is 1. The van der Waals surface area contributed by atoms with Gasteiger partial charge in [0.25, 0.3) is 0 Å². The predicted octanol–water partition coefficient (Wildman–Crippen LogP) is -2.65. The smallest absolute Gasteiger partial charge is 0.352 e. The summed E-state index contributed by atoms with van der Waals surface area (Å²) in [7, 11) is 0. The second-order valence-corrected chi connectivity index (χ2v) is 4.33. The second kappa shape index (κ2) is 7.25. The summed E-state index contributed by atoms with van der Waals surface area (Å²) >= 11 is 1.63. The van der Waals surface area contributed by atoms with Crippen LogP contribution in [0.15, 0.2) is 11.3 Å². The molecule has 17 heavy (non-hydrogen) atoms. The largest absolute Gasteiger partial charge is 0.477 e. The van der Waals surface area contributed by atoms with E-state index in [1.54, 1.807) is 18.7 Å². The fraction of sp³-hybridized carbons (Fsp3) is 0.500. The van der Waals surface area contributed by atoms with Gasteiger partial charge in [0.2, 0.25) is 5.91 Å². The Morgan fingerprint density at radius 1 is 1.35 bits per heavy atom. The number of nitrogens with zero attached hydrogens (tertiary/aromatic N) is 1. The molecule has 8 nitrogen and oxygen atoms in total. The van der Waals surface area contributed by atoms with E-state index in [1.165, 1.54) is 4.90 Å². The number of carboxylic acid groups (broad SMARTS) is 1. The second-order valence-electron chi connectivity index (χ2n) is 3.17. The standard InChI is InChI=1S/C8H9NO3S.4H2O/c1-4-3-13-6-2-5(10)9(6)7(4)8(11)12;;;;/h6H,2-3H2,1H3,(H,11,12);4*1H2/t6-;;;;/m1..../s1. The van der Waals surface area contributed by atoms with Gasteiger partial charge in [0.1, 0.15) is 5.70 Å². The molecule has 2 aliphatic rings. The Balaban J connectivity index is -0.000000490. The van der Waals surface area contributed by atoms with Gasteiger partial charge in [-0.2, -0.15) is 0 Å². The Morgan fingerprint density at radius 3 is 2.24 bits per heavy atom. The summed E-state index contributed by atoms with van der Waals surface area (Å²) in [5, 5.41) is 8.96. The lowest BCUT2D eigenvalue weighted by atomic mass is 10.1. The number of rotatable bonds is 1. The molecule has 0 unspecified atom stereocenters. The summed E-state index contributed by atoms with van der Waals surface area (Å²) in [6.45, 7) is 1.76. The molecule has 9 N–H and O–H groups in total. The van der Waals surface area contributed by atoms with E-state index < -0.39 is 5.97 Å². The average Bonchev–Trinajstić information content (AvgIpc) is 2.05. The van der Waals surface area contributed by atoms with Crippen LogP contribution in [0.2, 0.25) is 0 Å². The number of thioether (sulfide) groups is 1. The molecule has 0 aromatic carbocycles. The zero-order valence-corrected chi connectivity index (χ0v) is 9.93. The van der Waals surface area contributed by atoms with Crippen molar-refractivity contribution < 1.29 is 36.6 Å². The molecule has 0 spiro atoms. The summed E-state index contributed by atoms with van der Waals surface area (Å²) in [6, 6.07) is 0. The third-order valence-electron chi connectivity index (χ3n) is 2.25. The lowest BCUT2D eigenvalue weighted by Gasteiger charge is -2.43. The SMILES string of the molecule is CC1=C(C(=O)O)N2C(=O)C[C@H]2SC1.O.O.O.O. The Kier molecular flexibility index (Phi) is 9.03. The van der Waals surface area contributed by atoms with Gasteiger partial charge >= 0.3 is 5.97 Å². The van der Waals surface area contributed by atoms with Crippen molar-refractivity contribution in [3.63, 3.8) is 0 Å². The van der Waals surface area contributed by atoms with Crippen LogP contribution in [0.3, 0.4) is 0 Å². The maximum absolute atomic E-state index is 11.1. The fourth-order valence-corrected chi connectivity index (χ4v) is 2.78. The van der Waals surface area contributed by atoms with Gasteiger partial charge in [-0.25, -0.2) is 4.79 Å². The van der Waals surface area contributed by atoms with Crippen molar-refractivity contribution in [1.82, 2.24) is 4.90 Å². The number of amides is 1. The highest BCUT2D eigenvalue weighted by atomic mass is 32.2. The molecule has 1 saturated heterocycles. The molecule has 2 aliphatic heterocycles. The maximum Gasteiger partial charge on any atom is 0.352 e. The van der Waals surface area contributed by atoms with Gasteiger partial charge in [0.15, 0.2) is 0 Å². The summed E-state index contributed by atoms with van der Waals surface area (Å²) in [5.74, 6) is -0.347. The molecule has 0 aromatic rings. The minimum absolute atomic E-state index is 0. The fourth-order valence-electron chi connectivity index (χ4n) is 1.57. The van der Waals surface area contributed by atoms with Gasteiger partial charge in [-0.05, 0) is 12.5 Å². The van der Waals surface area contributed by atoms with Crippen LogP contribution in [0.4, 0.5) is 0 Å². The van der Waals surface area contributed by atoms with Gasteiger partial charge in [0.05, 0.1) is 11.8 Å². The van der Waals surface area contributed by atoms with Crippen molar-refractivity contribution in [2.45, 2.75) is 18.7 Å². The molecule has 0 aromatic heterocycles. The van der Waals surface area contributed by atoms with Crippen molar-refractivity contribution >= 4 is 23.6 Å². The number of carbonyl (C=O) groups is 2. The Labute approximate surface area is 102 Å². The molecular weight excluding hydrogens is 254 g/mol. The van der Waals surface area contributed by atoms with Gasteiger partial charge in [0, 0.05) is 5.75 Å². The Morgan fingerprint density at radius 2 is 1.88 bits per heavy atom. The third kappa shape index (κ3) is 3.17. The lowest BCUT2D eigenvalue weighted by Crippen LogP contribution is -2.53. The number of hydrogen-bond acceptors (Lipinski definition) is 3. The van der Waals surface area contributed by atoms with E-state index in [0.29, 0.717) is 6.42 Å². The highest BCUT2D eigenvalue weighted by Crippen LogP contribution is 2.39. The maximum atomic E-state index is 11.1. The summed E-state index contributed by atoms with van der Waals surface area (Å²) in [4.78, 5) is 23.4. The highest BCUT2D eigenvalue weighted by molar-refractivity contribution is 8.00. The first-order valence-electron chi connectivity index (χ1n) is 3.98. The first kappa shape index (κ1) is 21.2. The first-order valence-corrected chi connectivity index (χ1v) is 5.03. The number of β-lactam (4-membered cyclic amide) rings is 1. The molecule has 0 bridgehead atoms. The Bertz CT molecular complexity index is 330. The molecule has 1 amide bonds.